The quantitative estimate of drug-likeness (QED) is 0.846. The predicted molar refractivity (Wildman–Crippen MR) is 110 cm³/mol. The fraction of sp³-hybridized carbons (Fsp3) is 0.364. The first-order chi connectivity index (χ1) is 13.0. The summed E-state index contributed by atoms with van der Waals surface area (Å²) in [5.74, 6) is -0.439. The van der Waals surface area contributed by atoms with Crippen molar-refractivity contribution in [2.45, 2.75) is 27.2 Å². The van der Waals surface area contributed by atoms with Gasteiger partial charge in [-0.25, -0.2) is 0 Å². The summed E-state index contributed by atoms with van der Waals surface area (Å²) in [4.78, 5) is 28.9. The molecule has 1 saturated heterocycles. The summed E-state index contributed by atoms with van der Waals surface area (Å²) in [6, 6.07) is 15.7. The van der Waals surface area contributed by atoms with Gasteiger partial charge in [-0.2, -0.15) is 0 Å². The molecule has 0 radical (unpaired) electrons. The Hall–Kier alpha value is -2.82. The van der Waals surface area contributed by atoms with Gasteiger partial charge in [-0.05, 0) is 57.2 Å². The van der Waals surface area contributed by atoms with Gasteiger partial charge in [0.15, 0.2) is 0 Å². The molecule has 1 unspecified atom stereocenters. The first-order valence-corrected chi connectivity index (χ1v) is 9.54. The number of nitrogens with one attached hydrogen (secondary N) is 1. The molecule has 27 heavy (non-hydrogen) atoms. The van der Waals surface area contributed by atoms with Crippen molar-refractivity contribution in [3.05, 3.63) is 54.1 Å². The average Bonchev–Trinajstić information content (AvgIpc) is 3.06. The summed E-state index contributed by atoms with van der Waals surface area (Å²) in [7, 11) is 0. The van der Waals surface area contributed by atoms with Gasteiger partial charge < -0.3 is 15.1 Å². The predicted octanol–water partition coefficient (Wildman–Crippen LogP) is 3.83. The third-order valence-corrected chi connectivity index (χ3v) is 5.10. The molecule has 0 saturated carbocycles. The Kier molecular flexibility index (Phi) is 5.79. The van der Waals surface area contributed by atoms with E-state index in [1.807, 2.05) is 55.5 Å². The second-order valence-corrected chi connectivity index (χ2v) is 6.95. The summed E-state index contributed by atoms with van der Waals surface area (Å²) < 4.78 is 0. The van der Waals surface area contributed by atoms with Crippen molar-refractivity contribution in [1.82, 2.24) is 0 Å². The molecular formula is C22H27N3O2. The van der Waals surface area contributed by atoms with E-state index in [2.05, 4.69) is 24.1 Å². The molecule has 5 heteroatoms. The molecule has 0 bridgehead atoms. The van der Waals surface area contributed by atoms with Crippen LogP contribution < -0.4 is 15.1 Å². The van der Waals surface area contributed by atoms with Crippen molar-refractivity contribution in [2.24, 2.45) is 5.92 Å². The lowest BCUT2D eigenvalue weighted by Crippen LogP contribution is -2.28. The summed E-state index contributed by atoms with van der Waals surface area (Å²) >= 11 is 0. The standard InChI is InChI=1S/C22H27N3O2/c1-4-24(5-2)19-12-8-18(9-13-19)23-22(27)17-14-21(26)25(15-17)20-10-6-16(3)7-11-20/h6-13,17H,4-5,14-15H2,1-3H3,(H,23,27). The van der Waals surface area contributed by atoms with Crippen LogP contribution in [-0.4, -0.2) is 31.4 Å². The lowest BCUT2D eigenvalue weighted by molar-refractivity contribution is -0.122. The van der Waals surface area contributed by atoms with E-state index in [1.165, 1.54) is 0 Å². The van der Waals surface area contributed by atoms with Crippen LogP contribution in [0.2, 0.25) is 0 Å². The molecule has 3 rings (SSSR count). The van der Waals surface area contributed by atoms with Gasteiger partial charge in [-0.3, -0.25) is 9.59 Å². The highest BCUT2D eigenvalue weighted by Gasteiger charge is 2.35. The van der Waals surface area contributed by atoms with E-state index in [-0.39, 0.29) is 24.2 Å². The molecule has 2 aromatic rings. The van der Waals surface area contributed by atoms with E-state index < -0.39 is 0 Å². The molecule has 1 aliphatic heterocycles. The minimum absolute atomic E-state index is 0.00381. The number of anilines is 3. The Labute approximate surface area is 161 Å². The van der Waals surface area contributed by atoms with E-state index in [1.54, 1.807) is 4.90 Å². The van der Waals surface area contributed by atoms with Crippen molar-refractivity contribution in [2.75, 3.05) is 34.8 Å². The third-order valence-electron chi connectivity index (χ3n) is 5.10. The SMILES string of the molecule is CCN(CC)c1ccc(NC(=O)C2CC(=O)N(c3ccc(C)cc3)C2)cc1. The zero-order chi connectivity index (χ0) is 19.4. The maximum atomic E-state index is 12.6. The normalized spacial score (nSPS) is 16.5. The average molecular weight is 365 g/mol. The summed E-state index contributed by atoms with van der Waals surface area (Å²) in [5, 5.41) is 2.95. The molecule has 0 spiro atoms. The van der Waals surface area contributed by atoms with Crippen LogP contribution in [0.3, 0.4) is 0 Å². The van der Waals surface area contributed by atoms with E-state index in [4.69, 9.17) is 0 Å². The first-order valence-electron chi connectivity index (χ1n) is 9.54. The molecule has 2 amide bonds. The third kappa shape index (κ3) is 4.30. The van der Waals surface area contributed by atoms with Gasteiger partial charge in [-0.15, -0.1) is 0 Å². The molecule has 1 N–H and O–H groups in total. The molecule has 142 valence electrons. The van der Waals surface area contributed by atoms with Crippen LogP contribution in [-0.2, 0) is 9.59 Å². The van der Waals surface area contributed by atoms with Gasteiger partial charge >= 0.3 is 0 Å². The number of aryl methyl sites for hydroxylation is 1. The Morgan fingerprint density at radius 1 is 1.07 bits per heavy atom. The number of hydrogen-bond acceptors (Lipinski definition) is 3. The Balaban J connectivity index is 1.63. The smallest absolute Gasteiger partial charge is 0.229 e. The Bertz CT molecular complexity index is 795. The van der Waals surface area contributed by atoms with Crippen LogP contribution in [0.25, 0.3) is 0 Å². The monoisotopic (exact) mass is 365 g/mol. The van der Waals surface area contributed by atoms with Crippen molar-refractivity contribution >= 4 is 28.9 Å². The lowest BCUT2D eigenvalue weighted by Gasteiger charge is -2.21. The van der Waals surface area contributed by atoms with Crippen molar-refractivity contribution < 1.29 is 9.59 Å². The number of carbonyl (C=O) groups is 2. The number of rotatable bonds is 6. The molecule has 0 aliphatic carbocycles. The second kappa shape index (κ2) is 8.25. The Morgan fingerprint density at radius 2 is 1.70 bits per heavy atom. The fourth-order valence-corrected chi connectivity index (χ4v) is 3.45. The van der Waals surface area contributed by atoms with E-state index in [0.717, 1.165) is 35.7 Å². The minimum Gasteiger partial charge on any atom is -0.372 e. The summed E-state index contributed by atoms with van der Waals surface area (Å²) in [5.41, 5.74) is 3.90. The molecule has 2 aromatic carbocycles. The zero-order valence-corrected chi connectivity index (χ0v) is 16.2. The molecule has 1 aliphatic rings. The Morgan fingerprint density at radius 3 is 2.30 bits per heavy atom. The van der Waals surface area contributed by atoms with Crippen LogP contribution in [0, 0.1) is 12.8 Å². The van der Waals surface area contributed by atoms with Gasteiger partial charge in [-0.1, -0.05) is 17.7 Å². The number of amides is 2. The zero-order valence-electron chi connectivity index (χ0n) is 16.2. The van der Waals surface area contributed by atoms with Gasteiger partial charge in [0.05, 0.1) is 5.92 Å². The second-order valence-electron chi connectivity index (χ2n) is 6.95. The van der Waals surface area contributed by atoms with Gasteiger partial charge in [0.25, 0.3) is 0 Å². The molecule has 5 nitrogen and oxygen atoms in total. The van der Waals surface area contributed by atoms with Gasteiger partial charge in [0.2, 0.25) is 11.8 Å². The van der Waals surface area contributed by atoms with Crippen molar-refractivity contribution in [1.29, 1.82) is 0 Å². The van der Waals surface area contributed by atoms with Crippen LogP contribution in [0.15, 0.2) is 48.5 Å². The van der Waals surface area contributed by atoms with E-state index in [9.17, 15) is 9.59 Å². The van der Waals surface area contributed by atoms with Gasteiger partial charge in [0.1, 0.15) is 0 Å². The maximum Gasteiger partial charge on any atom is 0.229 e. The number of benzene rings is 2. The lowest BCUT2D eigenvalue weighted by atomic mass is 10.1. The molecule has 1 fully saturated rings. The minimum atomic E-state index is -0.332. The number of nitrogens with zero attached hydrogens (tertiary/aromatic N) is 2. The van der Waals surface area contributed by atoms with E-state index in [0.29, 0.717) is 6.54 Å². The van der Waals surface area contributed by atoms with Crippen LogP contribution >= 0.6 is 0 Å². The molecule has 0 aromatic heterocycles. The largest absolute Gasteiger partial charge is 0.372 e. The fourth-order valence-electron chi connectivity index (χ4n) is 3.45. The number of hydrogen-bond donors (Lipinski definition) is 1. The summed E-state index contributed by atoms with van der Waals surface area (Å²) in [6.45, 7) is 8.57. The molecule has 1 heterocycles. The highest BCUT2D eigenvalue weighted by atomic mass is 16.2. The van der Waals surface area contributed by atoms with Crippen molar-refractivity contribution in [3.63, 3.8) is 0 Å². The summed E-state index contributed by atoms with van der Waals surface area (Å²) in [6.07, 6.45) is 0.247. The van der Waals surface area contributed by atoms with Crippen LogP contribution in [0.4, 0.5) is 17.1 Å². The molecule has 1 atom stereocenters. The highest BCUT2D eigenvalue weighted by molar-refractivity contribution is 6.03. The molecular weight excluding hydrogens is 338 g/mol. The van der Waals surface area contributed by atoms with E-state index >= 15 is 0 Å². The van der Waals surface area contributed by atoms with Gasteiger partial charge in [0, 0.05) is 43.1 Å². The van der Waals surface area contributed by atoms with Crippen LogP contribution in [0.5, 0.6) is 0 Å². The topological polar surface area (TPSA) is 52.7 Å². The highest BCUT2D eigenvalue weighted by Crippen LogP contribution is 2.26. The van der Waals surface area contributed by atoms with Crippen molar-refractivity contribution in [3.8, 4) is 0 Å². The number of carbonyl (C=O) groups excluding carboxylic acids is 2. The maximum absolute atomic E-state index is 12.6. The first kappa shape index (κ1) is 19.0. The van der Waals surface area contributed by atoms with Crippen LogP contribution in [0.1, 0.15) is 25.8 Å².